The third-order valence-electron chi connectivity index (χ3n) is 4.53. The Hall–Kier alpha value is -2.95. The first-order valence-corrected chi connectivity index (χ1v) is 8.10. The van der Waals surface area contributed by atoms with Crippen molar-refractivity contribution in [3.63, 3.8) is 0 Å². The second kappa shape index (κ2) is 5.92. The summed E-state index contributed by atoms with van der Waals surface area (Å²) in [7, 11) is 0. The molecule has 0 bridgehead atoms. The number of carbonyl (C=O) groups is 1. The van der Waals surface area contributed by atoms with Gasteiger partial charge >= 0.3 is 5.69 Å². The van der Waals surface area contributed by atoms with Gasteiger partial charge in [-0.15, -0.1) is 0 Å². The molecule has 0 saturated heterocycles. The van der Waals surface area contributed by atoms with Crippen molar-refractivity contribution < 1.29 is 4.79 Å². The molecule has 5 heteroatoms. The molecule has 0 unspecified atom stereocenters. The van der Waals surface area contributed by atoms with Crippen LogP contribution in [0.3, 0.4) is 0 Å². The van der Waals surface area contributed by atoms with E-state index in [9.17, 15) is 9.59 Å². The van der Waals surface area contributed by atoms with E-state index < -0.39 is 5.69 Å². The second-order valence-electron chi connectivity index (χ2n) is 6.05. The third kappa shape index (κ3) is 2.58. The number of carbonyl (C=O) groups excluding carboxylic acids is 1. The molecule has 0 radical (unpaired) electrons. The Balaban J connectivity index is 1.70. The fourth-order valence-corrected chi connectivity index (χ4v) is 3.41. The van der Waals surface area contributed by atoms with Gasteiger partial charge in [-0.05, 0) is 36.5 Å². The largest absolute Gasteiger partial charge is 0.346 e. The standard InChI is InChI=1S/C19H17N3O2/c23-18(17-14-9-3-4-10-16(14)21-19(24)22-17)20-15-11-5-7-12-6-1-2-8-13(12)15/h1-4,6,8-10,15H,5,7,11H2,(H,20,23)(H,21,22,24)/t15-/m1/s1. The minimum Gasteiger partial charge on any atom is -0.344 e. The van der Waals surface area contributed by atoms with Gasteiger partial charge in [0.1, 0.15) is 5.69 Å². The smallest absolute Gasteiger partial charge is 0.344 e. The fourth-order valence-electron chi connectivity index (χ4n) is 3.41. The number of aryl methyl sites for hydroxylation is 1. The quantitative estimate of drug-likeness (QED) is 0.762. The third-order valence-corrected chi connectivity index (χ3v) is 4.53. The fraction of sp³-hybridized carbons (Fsp3) is 0.211. The maximum absolute atomic E-state index is 12.8. The van der Waals surface area contributed by atoms with Gasteiger partial charge in [0.05, 0.1) is 11.6 Å². The van der Waals surface area contributed by atoms with Crippen LogP contribution >= 0.6 is 0 Å². The number of amides is 1. The van der Waals surface area contributed by atoms with Crippen molar-refractivity contribution in [2.24, 2.45) is 0 Å². The number of nitrogens with zero attached hydrogens (tertiary/aromatic N) is 1. The number of para-hydroxylation sites is 1. The van der Waals surface area contributed by atoms with E-state index in [-0.39, 0.29) is 17.6 Å². The van der Waals surface area contributed by atoms with Gasteiger partial charge in [0.15, 0.2) is 0 Å². The van der Waals surface area contributed by atoms with E-state index in [0.717, 1.165) is 24.8 Å². The molecule has 0 saturated carbocycles. The SMILES string of the molecule is O=C(N[C@@H]1CCCc2ccccc21)c1nc(=O)[nH]c2ccccc12. The summed E-state index contributed by atoms with van der Waals surface area (Å²) in [5.74, 6) is -0.306. The molecule has 2 N–H and O–H groups in total. The lowest BCUT2D eigenvalue weighted by atomic mass is 9.87. The maximum atomic E-state index is 12.8. The number of aromatic nitrogens is 2. The highest BCUT2D eigenvalue weighted by Gasteiger charge is 2.23. The summed E-state index contributed by atoms with van der Waals surface area (Å²) in [4.78, 5) is 31.1. The van der Waals surface area contributed by atoms with Crippen molar-refractivity contribution in [2.45, 2.75) is 25.3 Å². The summed E-state index contributed by atoms with van der Waals surface area (Å²) < 4.78 is 0. The summed E-state index contributed by atoms with van der Waals surface area (Å²) in [5.41, 5.74) is 2.72. The van der Waals surface area contributed by atoms with Crippen molar-refractivity contribution in [3.05, 3.63) is 75.8 Å². The van der Waals surface area contributed by atoms with E-state index >= 15 is 0 Å². The van der Waals surface area contributed by atoms with E-state index in [0.29, 0.717) is 10.9 Å². The minimum atomic E-state index is -0.511. The first kappa shape index (κ1) is 14.6. The van der Waals surface area contributed by atoms with Gasteiger partial charge in [0.25, 0.3) is 5.91 Å². The van der Waals surface area contributed by atoms with Crippen LogP contribution in [0.2, 0.25) is 0 Å². The predicted octanol–water partition coefficient (Wildman–Crippen LogP) is 2.73. The lowest BCUT2D eigenvalue weighted by molar-refractivity contribution is 0.0929. The highest BCUT2D eigenvalue weighted by molar-refractivity contribution is 6.04. The molecule has 4 rings (SSSR count). The second-order valence-corrected chi connectivity index (χ2v) is 6.05. The first-order chi connectivity index (χ1) is 11.7. The Morgan fingerprint density at radius 3 is 2.83 bits per heavy atom. The Kier molecular flexibility index (Phi) is 3.61. The lowest BCUT2D eigenvalue weighted by Crippen LogP contribution is -2.33. The van der Waals surface area contributed by atoms with Crippen LogP contribution < -0.4 is 11.0 Å². The normalized spacial score (nSPS) is 16.6. The minimum absolute atomic E-state index is 0.0395. The molecular weight excluding hydrogens is 302 g/mol. The molecule has 2 aromatic carbocycles. The van der Waals surface area contributed by atoms with Crippen LogP contribution in [0, 0.1) is 0 Å². The average Bonchev–Trinajstić information content (AvgIpc) is 2.61. The van der Waals surface area contributed by atoms with Crippen LogP contribution in [0.5, 0.6) is 0 Å². The number of H-pyrrole nitrogens is 1. The van der Waals surface area contributed by atoms with Gasteiger partial charge < -0.3 is 10.3 Å². The maximum Gasteiger partial charge on any atom is 0.346 e. The topological polar surface area (TPSA) is 74.8 Å². The molecule has 120 valence electrons. The molecule has 0 spiro atoms. The summed E-state index contributed by atoms with van der Waals surface area (Å²) in [6.45, 7) is 0. The van der Waals surface area contributed by atoms with Crippen LogP contribution in [0.4, 0.5) is 0 Å². The van der Waals surface area contributed by atoms with Crippen LogP contribution in [-0.4, -0.2) is 15.9 Å². The Morgan fingerprint density at radius 2 is 1.92 bits per heavy atom. The number of aromatic amines is 1. The molecule has 1 heterocycles. The van der Waals surface area contributed by atoms with Crippen LogP contribution in [0.1, 0.15) is 40.5 Å². The zero-order valence-electron chi connectivity index (χ0n) is 13.1. The molecule has 1 aromatic heterocycles. The highest BCUT2D eigenvalue weighted by atomic mass is 16.2. The summed E-state index contributed by atoms with van der Waals surface area (Å²) in [6.07, 6.45) is 2.96. The number of rotatable bonds is 2. The first-order valence-electron chi connectivity index (χ1n) is 8.10. The van der Waals surface area contributed by atoms with E-state index in [1.807, 2.05) is 24.3 Å². The van der Waals surface area contributed by atoms with Crippen LogP contribution in [0.25, 0.3) is 10.9 Å². The summed E-state index contributed by atoms with van der Waals surface area (Å²) in [5, 5.41) is 3.71. The van der Waals surface area contributed by atoms with E-state index in [2.05, 4.69) is 27.4 Å². The molecule has 1 atom stereocenters. The van der Waals surface area contributed by atoms with Gasteiger partial charge in [-0.2, -0.15) is 4.98 Å². The highest BCUT2D eigenvalue weighted by Crippen LogP contribution is 2.29. The number of fused-ring (bicyclic) bond motifs is 2. The van der Waals surface area contributed by atoms with Crippen molar-refractivity contribution >= 4 is 16.8 Å². The molecule has 1 amide bonds. The average molecular weight is 319 g/mol. The summed E-state index contributed by atoms with van der Waals surface area (Å²) in [6, 6.07) is 15.3. The zero-order valence-corrected chi connectivity index (χ0v) is 13.1. The van der Waals surface area contributed by atoms with Crippen molar-refractivity contribution in [1.82, 2.24) is 15.3 Å². The Bertz CT molecular complexity index is 978. The molecule has 0 fully saturated rings. The monoisotopic (exact) mass is 319 g/mol. The van der Waals surface area contributed by atoms with Gasteiger partial charge in [-0.3, -0.25) is 4.79 Å². The lowest BCUT2D eigenvalue weighted by Gasteiger charge is -2.26. The van der Waals surface area contributed by atoms with Gasteiger partial charge in [-0.25, -0.2) is 4.79 Å². The number of benzene rings is 2. The van der Waals surface area contributed by atoms with Crippen LogP contribution in [-0.2, 0) is 6.42 Å². The molecule has 0 aliphatic heterocycles. The van der Waals surface area contributed by atoms with Gasteiger partial charge in [-0.1, -0.05) is 42.5 Å². The Morgan fingerprint density at radius 1 is 1.12 bits per heavy atom. The number of hydrogen-bond donors (Lipinski definition) is 2. The molecular formula is C19H17N3O2. The van der Waals surface area contributed by atoms with Gasteiger partial charge in [0.2, 0.25) is 0 Å². The molecule has 5 nitrogen and oxygen atoms in total. The molecule has 1 aliphatic rings. The van der Waals surface area contributed by atoms with Crippen molar-refractivity contribution in [3.8, 4) is 0 Å². The Labute approximate surface area is 138 Å². The van der Waals surface area contributed by atoms with E-state index in [1.165, 1.54) is 5.56 Å². The van der Waals surface area contributed by atoms with Crippen molar-refractivity contribution in [2.75, 3.05) is 0 Å². The predicted molar refractivity (Wildman–Crippen MR) is 92.0 cm³/mol. The zero-order chi connectivity index (χ0) is 16.5. The molecule has 1 aliphatic carbocycles. The van der Waals surface area contributed by atoms with Crippen molar-refractivity contribution in [1.29, 1.82) is 0 Å². The van der Waals surface area contributed by atoms with E-state index in [1.54, 1.807) is 12.1 Å². The molecule has 24 heavy (non-hydrogen) atoms. The number of nitrogens with one attached hydrogen (secondary N) is 2. The molecule has 3 aromatic rings. The van der Waals surface area contributed by atoms with Crippen LogP contribution in [0.15, 0.2) is 53.3 Å². The number of hydrogen-bond acceptors (Lipinski definition) is 3. The van der Waals surface area contributed by atoms with Gasteiger partial charge in [0, 0.05) is 5.39 Å². The van der Waals surface area contributed by atoms with E-state index in [4.69, 9.17) is 0 Å². The summed E-state index contributed by atoms with van der Waals surface area (Å²) >= 11 is 0.